The summed E-state index contributed by atoms with van der Waals surface area (Å²) in [6, 6.07) is 14.9. The van der Waals surface area contributed by atoms with E-state index >= 15 is 0 Å². The molecule has 154 valence electrons. The summed E-state index contributed by atoms with van der Waals surface area (Å²) in [7, 11) is 0. The molecule has 4 aromatic heterocycles. The van der Waals surface area contributed by atoms with Crippen LogP contribution in [0.2, 0.25) is 5.02 Å². The summed E-state index contributed by atoms with van der Waals surface area (Å²) in [6.45, 7) is 0.487. The van der Waals surface area contributed by atoms with Gasteiger partial charge in [-0.15, -0.1) is 20.4 Å². The molecule has 0 amide bonds. The van der Waals surface area contributed by atoms with Crippen LogP contribution in [0.5, 0.6) is 0 Å². The lowest BCUT2D eigenvalue weighted by molar-refractivity contribution is 0.485. The van der Waals surface area contributed by atoms with Gasteiger partial charge in [-0.25, -0.2) is 0 Å². The van der Waals surface area contributed by atoms with Gasteiger partial charge in [0.25, 0.3) is 0 Å². The van der Waals surface area contributed by atoms with Gasteiger partial charge in [-0.2, -0.15) is 0 Å². The zero-order valence-corrected chi connectivity index (χ0v) is 17.6. The number of hydrogen-bond donors (Lipinski definition) is 0. The van der Waals surface area contributed by atoms with Gasteiger partial charge in [0.15, 0.2) is 11.0 Å². The lowest BCUT2D eigenvalue weighted by atomic mass is 10.2. The second-order valence-electron chi connectivity index (χ2n) is 6.48. The first-order valence-electron chi connectivity index (χ1n) is 9.34. The molecule has 0 saturated carbocycles. The Bertz CT molecular complexity index is 1290. The van der Waals surface area contributed by atoms with Crippen LogP contribution in [0.4, 0.5) is 0 Å². The van der Waals surface area contributed by atoms with Crippen molar-refractivity contribution in [2.75, 3.05) is 0 Å². The molecule has 5 rings (SSSR count). The van der Waals surface area contributed by atoms with Crippen LogP contribution in [0.15, 0.2) is 81.2 Å². The molecule has 5 aromatic rings. The molecule has 0 aliphatic carbocycles. The van der Waals surface area contributed by atoms with Gasteiger partial charge in [0.2, 0.25) is 11.8 Å². The molecule has 0 N–H and O–H groups in total. The lowest BCUT2D eigenvalue weighted by Crippen LogP contribution is -2.03. The van der Waals surface area contributed by atoms with Crippen molar-refractivity contribution in [3.8, 4) is 22.8 Å². The van der Waals surface area contributed by atoms with Gasteiger partial charge in [0.1, 0.15) is 5.76 Å². The molecule has 10 heteroatoms. The van der Waals surface area contributed by atoms with Crippen LogP contribution in [0.1, 0.15) is 11.7 Å². The average molecular weight is 451 g/mol. The minimum atomic E-state index is 0.384. The van der Waals surface area contributed by atoms with E-state index in [0.717, 1.165) is 11.3 Å². The van der Waals surface area contributed by atoms with Crippen molar-refractivity contribution >= 4 is 23.4 Å². The Morgan fingerprint density at radius 1 is 0.968 bits per heavy atom. The monoisotopic (exact) mass is 450 g/mol. The summed E-state index contributed by atoms with van der Waals surface area (Å²) < 4.78 is 13.3. The maximum Gasteiger partial charge on any atom is 0.249 e. The van der Waals surface area contributed by atoms with Crippen molar-refractivity contribution in [2.24, 2.45) is 0 Å². The lowest BCUT2D eigenvalue weighted by Gasteiger charge is -2.08. The summed E-state index contributed by atoms with van der Waals surface area (Å²) in [4.78, 5) is 4.19. The highest BCUT2D eigenvalue weighted by Gasteiger charge is 2.18. The van der Waals surface area contributed by atoms with Crippen LogP contribution in [0.3, 0.4) is 0 Å². The molecular weight excluding hydrogens is 436 g/mol. The molecule has 0 bridgehead atoms. The molecule has 4 heterocycles. The number of rotatable bonds is 7. The van der Waals surface area contributed by atoms with Crippen LogP contribution in [0.25, 0.3) is 22.8 Å². The van der Waals surface area contributed by atoms with Gasteiger partial charge in [-0.05, 0) is 36.4 Å². The van der Waals surface area contributed by atoms with Crippen LogP contribution < -0.4 is 0 Å². The molecule has 0 aliphatic rings. The normalized spacial score (nSPS) is 11.1. The molecule has 0 spiro atoms. The molecule has 31 heavy (non-hydrogen) atoms. The molecule has 8 nitrogen and oxygen atoms in total. The zero-order valence-electron chi connectivity index (χ0n) is 16.1. The van der Waals surface area contributed by atoms with E-state index in [1.807, 2.05) is 47.0 Å². The van der Waals surface area contributed by atoms with Crippen molar-refractivity contribution in [3.63, 3.8) is 0 Å². The topological polar surface area (TPSA) is 95.7 Å². The Morgan fingerprint density at radius 3 is 2.71 bits per heavy atom. The zero-order chi connectivity index (χ0) is 21.0. The second kappa shape index (κ2) is 8.75. The fourth-order valence-electron chi connectivity index (χ4n) is 2.99. The number of pyridine rings is 1. The molecule has 0 fully saturated rings. The highest BCUT2D eigenvalue weighted by molar-refractivity contribution is 7.98. The number of nitrogens with zero attached hydrogens (tertiary/aromatic N) is 6. The van der Waals surface area contributed by atoms with E-state index < -0.39 is 0 Å². The van der Waals surface area contributed by atoms with Crippen LogP contribution in [-0.4, -0.2) is 29.9 Å². The first-order chi connectivity index (χ1) is 15.3. The average Bonchev–Trinajstić information content (AvgIpc) is 3.55. The highest BCUT2D eigenvalue weighted by Crippen LogP contribution is 2.30. The van der Waals surface area contributed by atoms with E-state index in [1.165, 1.54) is 11.8 Å². The van der Waals surface area contributed by atoms with Gasteiger partial charge in [0.05, 0.1) is 29.1 Å². The van der Waals surface area contributed by atoms with Gasteiger partial charge in [0, 0.05) is 18.0 Å². The summed E-state index contributed by atoms with van der Waals surface area (Å²) >= 11 is 7.67. The van der Waals surface area contributed by atoms with Crippen molar-refractivity contribution < 1.29 is 8.83 Å². The fraction of sp³-hybridized carbons (Fsp3) is 0.0952. The standard InChI is InChI=1S/C21H15ClN6O2S/c22-17-8-2-1-7-16(17)20-26-24-18(30-20)13-31-21-27-25-19(14-5-3-9-23-11-14)28(21)12-15-6-4-10-29-15/h1-11H,12-13H2. The predicted molar refractivity (Wildman–Crippen MR) is 115 cm³/mol. The minimum Gasteiger partial charge on any atom is -0.467 e. The number of furan rings is 1. The van der Waals surface area contributed by atoms with Gasteiger partial charge < -0.3 is 8.83 Å². The van der Waals surface area contributed by atoms with E-state index in [9.17, 15) is 0 Å². The Labute approximate surface area is 186 Å². The summed E-state index contributed by atoms with van der Waals surface area (Å²) in [6.07, 6.45) is 5.12. The quantitative estimate of drug-likeness (QED) is 0.320. The van der Waals surface area contributed by atoms with E-state index in [1.54, 1.807) is 24.7 Å². The van der Waals surface area contributed by atoms with E-state index in [-0.39, 0.29) is 0 Å². The second-order valence-corrected chi connectivity index (χ2v) is 7.83. The predicted octanol–water partition coefficient (Wildman–Crippen LogP) is 4.98. The molecule has 0 aliphatic heterocycles. The number of halogens is 1. The van der Waals surface area contributed by atoms with E-state index in [0.29, 0.717) is 45.6 Å². The van der Waals surface area contributed by atoms with Crippen molar-refractivity contribution in [1.82, 2.24) is 29.9 Å². The van der Waals surface area contributed by atoms with Crippen molar-refractivity contribution in [3.05, 3.63) is 83.9 Å². The number of hydrogen-bond acceptors (Lipinski definition) is 8. The number of aromatic nitrogens is 6. The SMILES string of the molecule is Clc1ccccc1-c1nnc(CSc2nnc(-c3cccnc3)n2Cc2ccco2)o1. The van der Waals surface area contributed by atoms with Gasteiger partial charge in [-0.1, -0.05) is 35.5 Å². The summed E-state index contributed by atoms with van der Waals surface area (Å²) in [5.74, 6) is 2.78. The first-order valence-corrected chi connectivity index (χ1v) is 10.7. The van der Waals surface area contributed by atoms with Gasteiger partial charge >= 0.3 is 0 Å². The largest absolute Gasteiger partial charge is 0.467 e. The maximum atomic E-state index is 6.22. The molecule has 0 saturated heterocycles. The minimum absolute atomic E-state index is 0.384. The first kappa shape index (κ1) is 19.5. The molecular formula is C21H15ClN6O2S. The van der Waals surface area contributed by atoms with E-state index in [2.05, 4.69) is 25.4 Å². The smallest absolute Gasteiger partial charge is 0.249 e. The molecule has 0 atom stereocenters. The fourth-order valence-corrected chi connectivity index (χ4v) is 3.98. The van der Waals surface area contributed by atoms with Crippen LogP contribution >= 0.6 is 23.4 Å². The Kier molecular flexibility index (Phi) is 5.51. The van der Waals surface area contributed by atoms with Crippen LogP contribution in [-0.2, 0) is 12.3 Å². The maximum absolute atomic E-state index is 6.22. The molecule has 1 aromatic carbocycles. The third-order valence-corrected chi connectivity index (χ3v) is 5.71. The van der Waals surface area contributed by atoms with E-state index in [4.69, 9.17) is 20.4 Å². The molecule has 0 radical (unpaired) electrons. The van der Waals surface area contributed by atoms with Crippen molar-refractivity contribution in [1.29, 1.82) is 0 Å². The summed E-state index contributed by atoms with van der Waals surface area (Å²) in [5, 5.41) is 18.2. The summed E-state index contributed by atoms with van der Waals surface area (Å²) in [5.41, 5.74) is 1.57. The highest BCUT2D eigenvalue weighted by atomic mass is 35.5. The Hall–Kier alpha value is -3.43. The molecule has 0 unspecified atom stereocenters. The third-order valence-electron chi connectivity index (χ3n) is 4.43. The Balaban J connectivity index is 1.39. The number of thioether (sulfide) groups is 1. The van der Waals surface area contributed by atoms with Crippen molar-refractivity contribution in [2.45, 2.75) is 17.5 Å². The Morgan fingerprint density at radius 2 is 1.90 bits per heavy atom. The van der Waals surface area contributed by atoms with Gasteiger partial charge in [-0.3, -0.25) is 9.55 Å². The number of benzene rings is 1. The van der Waals surface area contributed by atoms with Crippen LogP contribution in [0, 0.1) is 0 Å². The third kappa shape index (κ3) is 4.23.